The van der Waals surface area contributed by atoms with Crippen LogP contribution in [0, 0.1) is 5.82 Å². The van der Waals surface area contributed by atoms with E-state index < -0.39 is 0 Å². The minimum atomic E-state index is -0.190. The second kappa shape index (κ2) is 3.49. The second-order valence-corrected chi connectivity index (χ2v) is 2.44. The van der Waals surface area contributed by atoms with E-state index in [0.29, 0.717) is 12.0 Å². The molecule has 0 heterocycles. The molecule has 0 aliphatic heterocycles. The van der Waals surface area contributed by atoms with Gasteiger partial charge in [-0.05, 0) is 23.6 Å². The summed E-state index contributed by atoms with van der Waals surface area (Å²) >= 11 is 0. The highest BCUT2D eigenvalue weighted by Gasteiger charge is 1.99. The van der Waals surface area contributed by atoms with Crippen LogP contribution in [0.25, 0.3) is 0 Å². The van der Waals surface area contributed by atoms with E-state index in [1.54, 1.807) is 12.1 Å². The van der Waals surface area contributed by atoms with Crippen molar-refractivity contribution in [1.82, 2.24) is 0 Å². The molecular formula is C9H11FO. The number of aryl methyl sites for hydroxylation is 1. The van der Waals surface area contributed by atoms with E-state index in [1.807, 2.05) is 6.92 Å². The predicted molar refractivity (Wildman–Crippen MR) is 41.7 cm³/mol. The Morgan fingerprint density at radius 3 is 2.73 bits per heavy atom. The van der Waals surface area contributed by atoms with Crippen LogP contribution in [0.2, 0.25) is 0 Å². The molecule has 0 saturated heterocycles. The van der Waals surface area contributed by atoms with Gasteiger partial charge in [0.1, 0.15) is 5.82 Å². The van der Waals surface area contributed by atoms with Crippen LogP contribution < -0.4 is 0 Å². The zero-order valence-electron chi connectivity index (χ0n) is 6.47. The van der Waals surface area contributed by atoms with Gasteiger partial charge in [-0.15, -0.1) is 0 Å². The molecule has 1 N–H and O–H groups in total. The van der Waals surface area contributed by atoms with Gasteiger partial charge in [0.2, 0.25) is 0 Å². The molecule has 0 aliphatic rings. The minimum Gasteiger partial charge on any atom is -0.392 e. The second-order valence-electron chi connectivity index (χ2n) is 2.44. The maximum atomic E-state index is 12.8. The van der Waals surface area contributed by atoms with Crippen LogP contribution >= 0.6 is 0 Å². The maximum Gasteiger partial charge on any atom is 0.126 e. The first-order valence-electron chi connectivity index (χ1n) is 3.66. The van der Waals surface area contributed by atoms with Crippen molar-refractivity contribution in [3.05, 3.63) is 35.1 Å². The highest BCUT2D eigenvalue weighted by Crippen LogP contribution is 2.10. The average Bonchev–Trinajstić information content (AvgIpc) is 2.05. The summed E-state index contributed by atoms with van der Waals surface area (Å²) in [7, 11) is 0. The van der Waals surface area contributed by atoms with E-state index in [0.717, 1.165) is 5.56 Å². The van der Waals surface area contributed by atoms with Crippen molar-refractivity contribution in [2.75, 3.05) is 0 Å². The molecule has 0 fully saturated rings. The van der Waals surface area contributed by atoms with Crippen LogP contribution in [-0.2, 0) is 13.0 Å². The third-order valence-corrected chi connectivity index (χ3v) is 1.67. The molecule has 1 aromatic carbocycles. The Bertz CT molecular complexity index is 245. The summed E-state index contributed by atoms with van der Waals surface area (Å²) in [6.45, 7) is 1.87. The number of halogens is 1. The van der Waals surface area contributed by atoms with Crippen LogP contribution in [0.1, 0.15) is 18.1 Å². The Morgan fingerprint density at radius 2 is 2.18 bits per heavy atom. The quantitative estimate of drug-likeness (QED) is 0.689. The molecule has 2 heteroatoms. The van der Waals surface area contributed by atoms with Crippen LogP contribution in [0.5, 0.6) is 0 Å². The molecule has 60 valence electrons. The van der Waals surface area contributed by atoms with Gasteiger partial charge in [0.25, 0.3) is 0 Å². The third-order valence-electron chi connectivity index (χ3n) is 1.67. The Balaban J connectivity index is 3.02. The molecule has 0 unspecified atom stereocenters. The Hall–Kier alpha value is -0.890. The van der Waals surface area contributed by atoms with E-state index in [9.17, 15) is 4.39 Å². The van der Waals surface area contributed by atoms with Crippen LogP contribution in [0.3, 0.4) is 0 Å². The van der Waals surface area contributed by atoms with Crippen molar-refractivity contribution in [1.29, 1.82) is 0 Å². The molecular weight excluding hydrogens is 143 g/mol. The molecule has 0 amide bonds. The minimum absolute atomic E-state index is 0.0206. The van der Waals surface area contributed by atoms with Gasteiger partial charge >= 0.3 is 0 Å². The average molecular weight is 154 g/mol. The molecule has 0 bridgehead atoms. The van der Waals surface area contributed by atoms with Gasteiger partial charge in [-0.3, -0.25) is 0 Å². The zero-order valence-corrected chi connectivity index (χ0v) is 6.47. The summed E-state index contributed by atoms with van der Waals surface area (Å²) in [4.78, 5) is 0. The van der Waals surface area contributed by atoms with Crippen LogP contribution in [0.4, 0.5) is 4.39 Å². The van der Waals surface area contributed by atoms with Crippen LogP contribution in [0.15, 0.2) is 18.2 Å². The lowest BCUT2D eigenvalue weighted by atomic mass is 10.1. The first-order valence-corrected chi connectivity index (χ1v) is 3.66. The maximum absolute atomic E-state index is 12.8. The Labute approximate surface area is 65.5 Å². The van der Waals surface area contributed by atoms with E-state index in [-0.39, 0.29) is 12.4 Å². The Morgan fingerprint density at radius 1 is 1.45 bits per heavy atom. The van der Waals surface area contributed by atoms with Crippen LogP contribution in [-0.4, -0.2) is 5.11 Å². The number of benzene rings is 1. The van der Waals surface area contributed by atoms with Crippen molar-refractivity contribution in [3.8, 4) is 0 Å². The molecule has 1 nitrogen and oxygen atoms in total. The number of aliphatic hydroxyl groups is 1. The SMILES string of the molecule is CCc1cc(CO)ccc1F. The van der Waals surface area contributed by atoms with Gasteiger partial charge in [-0.1, -0.05) is 19.1 Å². The smallest absolute Gasteiger partial charge is 0.126 e. The first kappa shape index (κ1) is 8.21. The molecule has 0 aliphatic carbocycles. The van der Waals surface area contributed by atoms with Gasteiger partial charge in [-0.2, -0.15) is 0 Å². The van der Waals surface area contributed by atoms with Gasteiger partial charge in [-0.25, -0.2) is 4.39 Å². The van der Waals surface area contributed by atoms with E-state index >= 15 is 0 Å². The van der Waals surface area contributed by atoms with Gasteiger partial charge in [0.05, 0.1) is 6.61 Å². The van der Waals surface area contributed by atoms with Crippen molar-refractivity contribution < 1.29 is 9.50 Å². The summed E-state index contributed by atoms with van der Waals surface area (Å²) in [6.07, 6.45) is 0.666. The third kappa shape index (κ3) is 1.77. The van der Waals surface area contributed by atoms with Gasteiger partial charge < -0.3 is 5.11 Å². The summed E-state index contributed by atoms with van der Waals surface area (Å²) in [5.41, 5.74) is 1.43. The lowest BCUT2D eigenvalue weighted by molar-refractivity contribution is 0.281. The van der Waals surface area contributed by atoms with Gasteiger partial charge in [0, 0.05) is 0 Å². The molecule has 1 rings (SSSR count). The lowest BCUT2D eigenvalue weighted by Gasteiger charge is -2.01. The van der Waals surface area contributed by atoms with E-state index in [2.05, 4.69) is 0 Å². The van der Waals surface area contributed by atoms with E-state index in [4.69, 9.17) is 5.11 Å². The number of aliphatic hydroxyl groups excluding tert-OH is 1. The fourth-order valence-corrected chi connectivity index (χ4v) is 0.997. The fraction of sp³-hybridized carbons (Fsp3) is 0.333. The topological polar surface area (TPSA) is 20.2 Å². The largest absolute Gasteiger partial charge is 0.392 e. The summed E-state index contributed by atoms with van der Waals surface area (Å²) < 4.78 is 12.8. The summed E-state index contributed by atoms with van der Waals surface area (Å²) in [5, 5.41) is 8.73. The number of hydrogen-bond acceptors (Lipinski definition) is 1. The number of hydrogen-bond donors (Lipinski definition) is 1. The molecule has 0 aromatic heterocycles. The molecule has 0 saturated carbocycles. The van der Waals surface area contributed by atoms with Crippen molar-refractivity contribution >= 4 is 0 Å². The zero-order chi connectivity index (χ0) is 8.27. The monoisotopic (exact) mass is 154 g/mol. The highest BCUT2D eigenvalue weighted by atomic mass is 19.1. The van der Waals surface area contributed by atoms with Gasteiger partial charge in [0.15, 0.2) is 0 Å². The summed E-state index contributed by atoms with van der Waals surface area (Å²) in [5.74, 6) is -0.190. The predicted octanol–water partition coefficient (Wildman–Crippen LogP) is 1.88. The fourth-order valence-electron chi connectivity index (χ4n) is 0.997. The summed E-state index contributed by atoms with van der Waals surface area (Å²) in [6, 6.07) is 4.67. The van der Waals surface area contributed by atoms with Crippen molar-refractivity contribution in [2.45, 2.75) is 20.0 Å². The highest BCUT2D eigenvalue weighted by molar-refractivity contribution is 5.24. The standard InChI is InChI=1S/C9H11FO/c1-2-8-5-7(6-11)3-4-9(8)10/h3-5,11H,2,6H2,1H3. The first-order chi connectivity index (χ1) is 5.27. The van der Waals surface area contributed by atoms with Crippen molar-refractivity contribution in [2.24, 2.45) is 0 Å². The Kier molecular flexibility index (Phi) is 2.60. The molecule has 11 heavy (non-hydrogen) atoms. The normalized spacial score (nSPS) is 10.1. The molecule has 1 aromatic rings. The van der Waals surface area contributed by atoms with Crippen molar-refractivity contribution in [3.63, 3.8) is 0 Å². The molecule has 0 atom stereocenters. The van der Waals surface area contributed by atoms with E-state index in [1.165, 1.54) is 6.07 Å². The lowest BCUT2D eigenvalue weighted by Crippen LogP contribution is -1.90. The number of rotatable bonds is 2. The molecule has 0 spiro atoms. The molecule has 0 radical (unpaired) electrons.